The summed E-state index contributed by atoms with van der Waals surface area (Å²) in [6.45, 7) is 3.78. The van der Waals surface area contributed by atoms with Crippen molar-refractivity contribution in [2.45, 2.75) is 13.8 Å². The number of rotatable bonds is 4. The largest absolute Gasteiger partial charge is 0.393 e. The summed E-state index contributed by atoms with van der Waals surface area (Å²) in [5.74, 6) is -0.994. The zero-order chi connectivity index (χ0) is 13.9. The van der Waals surface area contributed by atoms with Crippen LogP contribution >= 0.6 is 12.2 Å². The van der Waals surface area contributed by atoms with E-state index in [-0.39, 0.29) is 22.6 Å². The van der Waals surface area contributed by atoms with Gasteiger partial charge in [0.25, 0.3) is 0 Å². The van der Waals surface area contributed by atoms with Crippen molar-refractivity contribution in [2.24, 2.45) is 17.6 Å². The van der Waals surface area contributed by atoms with Crippen molar-refractivity contribution >= 4 is 28.8 Å². The van der Waals surface area contributed by atoms with Crippen LogP contribution in [0.5, 0.6) is 0 Å². The molecule has 1 aromatic rings. The summed E-state index contributed by atoms with van der Waals surface area (Å²) in [6, 6.07) is 5.71. The molecule has 0 aliphatic rings. The third kappa shape index (κ3) is 3.26. The molecule has 0 saturated heterocycles. The summed E-state index contributed by atoms with van der Waals surface area (Å²) in [7, 11) is 1.63. The molecule has 0 spiro atoms. The van der Waals surface area contributed by atoms with Crippen molar-refractivity contribution in [1.29, 1.82) is 0 Å². The second-order valence-corrected chi connectivity index (χ2v) is 4.97. The van der Waals surface area contributed by atoms with Crippen LogP contribution in [-0.4, -0.2) is 17.9 Å². The van der Waals surface area contributed by atoms with Gasteiger partial charge < -0.3 is 10.6 Å². The summed E-state index contributed by atoms with van der Waals surface area (Å²) in [5.41, 5.74) is 6.22. The lowest BCUT2D eigenvalue weighted by molar-refractivity contribution is -0.121. The topological polar surface area (TPSA) is 46.3 Å². The van der Waals surface area contributed by atoms with E-state index in [2.05, 4.69) is 0 Å². The number of nitrogens with zero attached hydrogens (tertiary/aromatic N) is 1. The first-order valence-corrected chi connectivity index (χ1v) is 6.08. The minimum Gasteiger partial charge on any atom is -0.393 e. The maximum absolute atomic E-state index is 12.8. The molecule has 0 fully saturated rings. The Morgan fingerprint density at radius 1 is 1.33 bits per heavy atom. The standard InChI is InChI=1S/C13H17FN2OS/c1-8(2)11(12(15)18)13(17)16(3)10-6-4-9(14)5-7-10/h4-8,11H,1-3H3,(H2,15,18). The van der Waals surface area contributed by atoms with E-state index in [1.807, 2.05) is 13.8 Å². The number of benzene rings is 1. The maximum atomic E-state index is 12.8. The van der Waals surface area contributed by atoms with Crippen LogP contribution in [0.15, 0.2) is 24.3 Å². The molecule has 98 valence electrons. The number of amides is 1. The molecule has 3 nitrogen and oxygen atoms in total. The molecule has 0 heterocycles. The lowest BCUT2D eigenvalue weighted by Gasteiger charge is -2.25. The quantitative estimate of drug-likeness (QED) is 0.853. The highest BCUT2D eigenvalue weighted by molar-refractivity contribution is 7.80. The number of hydrogen-bond acceptors (Lipinski definition) is 2. The fourth-order valence-corrected chi connectivity index (χ4v) is 2.11. The lowest BCUT2D eigenvalue weighted by Crippen LogP contribution is -2.41. The summed E-state index contributed by atoms with van der Waals surface area (Å²) < 4.78 is 12.8. The third-order valence-electron chi connectivity index (χ3n) is 2.78. The minimum atomic E-state index is -0.505. The van der Waals surface area contributed by atoms with Crippen molar-refractivity contribution < 1.29 is 9.18 Å². The van der Waals surface area contributed by atoms with Gasteiger partial charge in [0, 0.05) is 12.7 Å². The van der Waals surface area contributed by atoms with Crippen molar-refractivity contribution in [2.75, 3.05) is 11.9 Å². The number of hydrogen-bond donors (Lipinski definition) is 1. The summed E-state index contributed by atoms with van der Waals surface area (Å²) in [6.07, 6.45) is 0. The van der Waals surface area contributed by atoms with Gasteiger partial charge in [-0.25, -0.2) is 4.39 Å². The van der Waals surface area contributed by atoms with Crippen LogP contribution in [0.1, 0.15) is 13.8 Å². The molecule has 1 rings (SSSR count). The van der Waals surface area contributed by atoms with E-state index in [1.54, 1.807) is 19.2 Å². The van der Waals surface area contributed by atoms with Gasteiger partial charge in [0.05, 0.1) is 10.9 Å². The van der Waals surface area contributed by atoms with Gasteiger partial charge in [-0.15, -0.1) is 0 Å². The highest BCUT2D eigenvalue weighted by Crippen LogP contribution is 2.20. The molecule has 2 N–H and O–H groups in total. The van der Waals surface area contributed by atoms with Gasteiger partial charge in [-0.1, -0.05) is 26.1 Å². The average Bonchev–Trinajstić information content (AvgIpc) is 2.28. The van der Waals surface area contributed by atoms with Crippen molar-refractivity contribution in [3.05, 3.63) is 30.1 Å². The molecule has 1 atom stereocenters. The normalized spacial score (nSPS) is 12.3. The Bertz CT molecular complexity index is 445. The average molecular weight is 268 g/mol. The number of carbonyl (C=O) groups is 1. The minimum absolute atomic E-state index is 0.0258. The molecule has 0 saturated carbocycles. The van der Waals surface area contributed by atoms with Gasteiger partial charge in [0.1, 0.15) is 5.82 Å². The fraction of sp³-hybridized carbons (Fsp3) is 0.385. The fourth-order valence-electron chi connectivity index (χ4n) is 1.74. The molecule has 0 aliphatic carbocycles. The van der Waals surface area contributed by atoms with E-state index >= 15 is 0 Å². The molecule has 0 radical (unpaired) electrons. The number of nitrogens with two attached hydrogens (primary N) is 1. The van der Waals surface area contributed by atoms with E-state index in [9.17, 15) is 9.18 Å². The zero-order valence-corrected chi connectivity index (χ0v) is 11.5. The summed E-state index contributed by atoms with van der Waals surface area (Å²) >= 11 is 4.93. The number of thiocarbonyl (C=S) groups is 1. The Morgan fingerprint density at radius 2 is 1.83 bits per heavy atom. The number of halogens is 1. The highest BCUT2D eigenvalue weighted by Gasteiger charge is 2.28. The second kappa shape index (κ2) is 5.91. The SMILES string of the molecule is CC(C)C(C(=O)N(C)c1ccc(F)cc1)C(N)=S. The molecular formula is C13H17FN2OS. The molecule has 18 heavy (non-hydrogen) atoms. The van der Waals surface area contributed by atoms with Gasteiger partial charge in [0.15, 0.2) is 0 Å². The molecule has 0 aliphatic heterocycles. The van der Waals surface area contributed by atoms with E-state index < -0.39 is 5.92 Å². The Balaban J connectivity index is 2.95. The highest BCUT2D eigenvalue weighted by atomic mass is 32.1. The molecular weight excluding hydrogens is 251 g/mol. The van der Waals surface area contributed by atoms with Crippen LogP contribution in [0.2, 0.25) is 0 Å². The first-order valence-electron chi connectivity index (χ1n) is 5.67. The van der Waals surface area contributed by atoms with Crippen LogP contribution in [0.3, 0.4) is 0 Å². The van der Waals surface area contributed by atoms with Crippen molar-refractivity contribution in [1.82, 2.24) is 0 Å². The zero-order valence-electron chi connectivity index (χ0n) is 10.7. The van der Waals surface area contributed by atoms with Crippen LogP contribution in [-0.2, 0) is 4.79 Å². The third-order valence-corrected chi connectivity index (χ3v) is 3.04. The van der Waals surface area contributed by atoms with Gasteiger partial charge in [-0.05, 0) is 30.2 Å². The van der Waals surface area contributed by atoms with Crippen molar-refractivity contribution in [3.8, 4) is 0 Å². The van der Waals surface area contributed by atoms with E-state index in [0.717, 1.165) is 0 Å². The van der Waals surface area contributed by atoms with E-state index in [4.69, 9.17) is 18.0 Å². The summed E-state index contributed by atoms with van der Waals surface area (Å²) in [4.78, 5) is 13.9. The molecule has 5 heteroatoms. The van der Waals surface area contributed by atoms with E-state index in [0.29, 0.717) is 5.69 Å². The molecule has 1 aromatic carbocycles. The predicted molar refractivity (Wildman–Crippen MR) is 74.9 cm³/mol. The Morgan fingerprint density at radius 3 is 2.22 bits per heavy atom. The molecule has 1 unspecified atom stereocenters. The second-order valence-electron chi connectivity index (χ2n) is 4.50. The Kier molecular flexibility index (Phi) is 4.78. The van der Waals surface area contributed by atoms with E-state index in [1.165, 1.54) is 17.0 Å². The molecule has 1 amide bonds. The van der Waals surface area contributed by atoms with Crippen LogP contribution < -0.4 is 10.6 Å². The smallest absolute Gasteiger partial charge is 0.236 e. The lowest BCUT2D eigenvalue weighted by atomic mass is 9.94. The van der Waals surface area contributed by atoms with Crippen LogP contribution in [0.4, 0.5) is 10.1 Å². The summed E-state index contributed by atoms with van der Waals surface area (Å²) in [5, 5.41) is 0. The van der Waals surface area contributed by atoms with Crippen LogP contribution in [0, 0.1) is 17.7 Å². The monoisotopic (exact) mass is 268 g/mol. The molecule has 0 bridgehead atoms. The Hall–Kier alpha value is -1.49. The van der Waals surface area contributed by atoms with Gasteiger partial charge in [0.2, 0.25) is 5.91 Å². The first kappa shape index (κ1) is 14.6. The maximum Gasteiger partial charge on any atom is 0.236 e. The Labute approximate surface area is 112 Å². The number of anilines is 1. The van der Waals surface area contributed by atoms with Crippen molar-refractivity contribution in [3.63, 3.8) is 0 Å². The first-order chi connectivity index (χ1) is 8.34. The van der Waals surface area contributed by atoms with Gasteiger partial charge >= 0.3 is 0 Å². The van der Waals surface area contributed by atoms with Gasteiger partial charge in [-0.3, -0.25) is 4.79 Å². The van der Waals surface area contributed by atoms with Gasteiger partial charge in [-0.2, -0.15) is 0 Å². The number of carbonyl (C=O) groups excluding carboxylic acids is 1. The van der Waals surface area contributed by atoms with Crippen LogP contribution in [0.25, 0.3) is 0 Å². The predicted octanol–water partition coefficient (Wildman–Crippen LogP) is 2.35. The molecule has 0 aromatic heterocycles.